The van der Waals surface area contributed by atoms with E-state index in [-0.39, 0.29) is 16.4 Å². The van der Waals surface area contributed by atoms with Gasteiger partial charge in [-0.15, -0.1) is 0 Å². The van der Waals surface area contributed by atoms with Gasteiger partial charge < -0.3 is 14.6 Å². The van der Waals surface area contributed by atoms with Crippen molar-refractivity contribution in [3.05, 3.63) is 72.8 Å². The lowest BCUT2D eigenvalue weighted by atomic mass is 10.2. The second-order valence-electron chi connectivity index (χ2n) is 6.27. The zero-order valence-electron chi connectivity index (χ0n) is 15.9. The second kappa shape index (κ2) is 9.24. The largest absolute Gasteiger partial charge is 0.497 e. The van der Waals surface area contributed by atoms with Gasteiger partial charge in [-0.2, -0.15) is 0 Å². The number of methoxy groups -OCH3 is 1. The third kappa shape index (κ3) is 5.58. The van der Waals surface area contributed by atoms with Gasteiger partial charge in [0.2, 0.25) is 0 Å². The molecular weight excluding hydrogens is 392 g/mol. The number of imidazole rings is 1. The summed E-state index contributed by atoms with van der Waals surface area (Å²) < 4.78 is 34.8. The molecule has 0 unspecified atom stereocenters. The highest BCUT2D eigenvalue weighted by Crippen LogP contribution is 2.20. The highest BCUT2D eigenvalue weighted by molar-refractivity contribution is 7.92. The lowest BCUT2D eigenvalue weighted by Gasteiger charge is -2.10. The van der Waals surface area contributed by atoms with E-state index in [9.17, 15) is 13.2 Å². The number of hydrogen-bond acceptors (Lipinski definition) is 5. The molecule has 0 saturated heterocycles. The topological polar surface area (TPSA) is 102 Å². The monoisotopic (exact) mass is 414 g/mol. The van der Waals surface area contributed by atoms with Gasteiger partial charge in [0.05, 0.1) is 18.3 Å². The molecule has 29 heavy (non-hydrogen) atoms. The summed E-state index contributed by atoms with van der Waals surface area (Å²) in [6.07, 6.45) is 6.00. The Kier molecular flexibility index (Phi) is 6.50. The number of sulfonamides is 1. The van der Waals surface area contributed by atoms with E-state index in [0.717, 1.165) is 13.0 Å². The maximum Gasteiger partial charge on any atom is 0.261 e. The molecule has 1 amide bonds. The van der Waals surface area contributed by atoms with Gasteiger partial charge in [-0.25, -0.2) is 13.4 Å². The summed E-state index contributed by atoms with van der Waals surface area (Å²) in [6, 6.07) is 12.5. The summed E-state index contributed by atoms with van der Waals surface area (Å²) in [4.78, 5) is 16.3. The van der Waals surface area contributed by atoms with E-state index in [4.69, 9.17) is 4.74 Å². The van der Waals surface area contributed by atoms with Crippen LogP contribution in [0.2, 0.25) is 0 Å². The number of nitrogens with zero attached hydrogens (tertiary/aromatic N) is 2. The van der Waals surface area contributed by atoms with Crippen molar-refractivity contribution in [3.8, 4) is 5.75 Å². The Balaban J connectivity index is 1.61. The maximum absolute atomic E-state index is 12.6. The van der Waals surface area contributed by atoms with Gasteiger partial charge in [-0.3, -0.25) is 9.52 Å². The average Bonchev–Trinajstić information content (AvgIpc) is 3.25. The smallest absolute Gasteiger partial charge is 0.261 e. The van der Waals surface area contributed by atoms with Crippen LogP contribution in [0.15, 0.2) is 72.1 Å². The Morgan fingerprint density at radius 3 is 2.66 bits per heavy atom. The number of hydrogen-bond donors (Lipinski definition) is 2. The van der Waals surface area contributed by atoms with Crippen molar-refractivity contribution in [2.75, 3.05) is 18.4 Å². The highest BCUT2D eigenvalue weighted by atomic mass is 32.2. The van der Waals surface area contributed by atoms with Gasteiger partial charge in [0.25, 0.3) is 15.9 Å². The summed E-state index contributed by atoms with van der Waals surface area (Å²) in [5, 5.41) is 2.80. The minimum absolute atomic E-state index is 0.0133. The minimum Gasteiger partial charge on any atom is -0.497 e. The summed E-state index contributed by atoms with van der Waals surface area (Å²) in [5.41, 5.74) is 0.686. The first kappa shape index (κ1) is 20.4. The molecule has 9 heteroatoms. The number of carbonyl (C=O) groups excluding carboxylic acids is 1. The molecule has 0 spiro atoms. The van der Waals surface area contributed by atoms with Gasteiger partial charge >= 0.3 is 0 Å². The van der Waals surface area contributed by atoms with Gasteiger partial charge in [-0.05, 0) is 48.9 Å². The molecule has 3 rings (SSSR count). The van der Waals surface area contributed by atoms with E-state index in [0.29, 0.717) is 18.0 Å². The SMILES string of the molecule is COc1ccc(NS(=O)(=O)c2cccc(C(=O)NCCCn3ccnc3)c2)cc1. The molecule has 0 bridgehead atoms. The third-order valence-corrected chi connectivity index (χ3v) is 5.57. The number of carbonyl (C=O) groups is 1. The van der Waals surface area contributed by atoms with Gasteiger partial charge in [0.15, 0.2) is 0 Å². The molecule has 0 aliphatic heterocycles. The Morgan fingerprint density at radius 2 is 1.97 bits per heavy atom. The Morgan fingerprint density at radius 1 is 1.17 bits per heavy atom. The number of rotatable bonds is 9. The fraction of sp³-hybridized carbons (Fsp3) is 0.200. The van der Waals surface area contributed by atoms with Crippen LogP contribution in [0.4, 0.5) is 5.69 Å². The minimum atomic E-state index is -3.82. The number of aryl methyl sites for hydroxylation is 1. The first-order valence-corrected chi connectivity index (χ1v) is 10.5. The molecule has 0 fully saturated rings. The normalized spacial score (nSPS) is 11.1. The summed E-state index contributed by atoms with van der Waals surface area (Å²) in [6.45, 7) is 1.21. The van der Waals surface area contributed by atoms with E-state index in [1.54, 1.807) is 48.9 Å². The fourth-order valence-corrected chi connectivity index (χ4v) is 3.77. The van der Waals surface area contributed by atoms with Crippen LogP contribution >= 0.6 is 0 Å². The average molecular weight is 414 g/mol. The fourth-order valence-electron chi connectivity index (χ4n) is 2.66. The van der Waals surface area contributed by atoms with Crippen molar-refractivity contribution in [1.82, 2.24) is 14.9 Å². The van der Waals surface area contributed by atoms with Crippen molar-refractivity contribution < 1.29 is 17.9 Å². The van der Waals surface area contributed by atoms with Crippen LogP contribution < -0.4 is 14.8 Å². The second-order valence-corrected chi connectivity index (χ2v) is 7.95. The van der Waals surface area contributed by atoms with E-state index >= 15 is 0 Å². The summed E-state index contributed by atoms with van der Waals surface area (Å²) in [7, 11) is -2.29. The molecule has 0 radical (unpaired) electrons. The van der Waals surface area contributed by atoms with Crippen molar-refractivity contribution in [3.63, 3.8) is 0 Å². The highest BCUT2D eigenvalue weighted by Gasteiger charge is 2.16. The van der Waals surface area contributed by atoms with Crippen molar-refractivity contribution >= 4 is 21.6 Å². The maximum atomic E-state index is 12.6. The Bertz CT molecular complexity index is 1050. The summed E-state index contributed by atoms with van der Waals surface area (Å²) in [5.74, 6) is 0.303. The van der Waals surface area contributed by atoms with Gasteiger partial charge in [0, 0.05) is 36.7 Å². The molecular formula is C20H22N4O4S. The number of nitrogens with one attached hydrogen (secondary N) is 2. The first-order chi connectivity index (χ1) is 14.0. The molecule has 0 saturated carbocycles. The van der Waals surface area contributed by atoms with Crippen molar-refractivity contribution in [1.29, 1.82) is 0 Å². The molecule has 3 aromatic rings. The predicted octanol–water partition coefficient (Wildman–Crippen LogP) is 2.51. The number of anilines is 1. The van der Waals surface area contributed by atoms with Crippen LogP contribution in [0.3, 0.4) is 0 Å². The molecule has 8 nitrogen and oxygen atoms in total. The van der Waals surface area contributed by atoms with Crippen LogP contribution in [-0.4, -0.2) is 37.5 Å². The standard InChI is InChI=1S/C20H22N4O4S/c1-28-18-8-6-17(7-9-18)23-29(26,27)19-5-2-4-16(14-19)20(25)22-10-3-12-24-13-11-21-15-24/h2,4-9,11,13-15,23H,3,10,12H2,1H3,(H,22,25). The molecule has 0 aliphatic rings. The number of ether oxygens (including phenoxy) is 1. The molecule has 1 heterocycles. The molecule has 1 aromatic heterocycles. The van der Waals surface area contributed by atoms with Crippen molar-refractivity contribution in [2.45, 2.75) is 17.9 Å². The van der Waals surface area contributed by atoms with E-state index < -0.39 is 10.0 Å². The Labute approximate surface area is 169 Å². The van der Waals surface area contributed by atoms with Crippen LogP contribution in [0.5, 0.6) is 5.75 Å². The van der Waals surface area contributed by atoms with Gasteiger partial charge in [-0.1, -0.05) is 6.07 Å². The van der Waals surface area contributed by atoms with Gasteiger partial charge in [0.1, 0.15) is 5.75 Å². The molecule has 2 N–H and O–H groups in total. The molecule has 2 aromatic carbocycles. The molecule has 0 aliphatic carbocycles. The zero-order chi connectivity index (χ0) is 20.7. The van der Waals surface area contributed by atoms with Crippen molar-refractivity contribution in [2.24, 2.45) is 0 Å². The predicted molar refractivity (Wildman–Crippen MR) is 109 cm³/mol. The zero-order valence-corrected chi connectivity index (χ0v) is 16.7. The lowest BCUT2D eigenvalue weighted by molar-refractivity contribution is 0.0952. The van der Waals surface area contributed by atoms with E-state index in [1.165, 1.54) is 19.2 Å². The molecule has 152 valence electrons. The number of amides is 1. The van der Waals surface area contributed by atoms with Crippen LogP contribution in [-0.2, 0) is 16.6 Å². The Hall–Kier alpha value is -3.33. The van der Waals surface area contributed by atoms with E-state index in [2.05, 4.69) is 15.0 Å². The van der Waals surface area contributed by atoms with Crippen LogP contribution in [0.1, 0.15) is 16.8 Å². The first-order valence-electron chi connectivity index (χ1n) is 8.99. The van der Waals surface area contributed by atoms with E-state index in [1.807, 2.05) is 10.8 Å². The third-order valence-electron chi connectivity index (χ3n) is 4.19. The lowest BCUT2D eigenvalue weighted by Crippen LogP contribution is -2.25. The number of benzene rings is 2. The molecule has 0 atom stereocenters. The van der Waals surface area contributed by atoms with Crippen LogP contribution in [0.25, 0.3) is 0 Å². The summed E-state index contributed by atoms with van der Waals surface area (Å²) >= 11 is 0. The van der Waals surface area contributed by atoms with Crippen LogP contribution in [0, 0.1) is 0 Å². The quantitative estimate of drug-likeness (QED) is 0.524. The number of aromatic nitrogens is 2.